The maximum Gasteiger partial charge on any atom is 0.347 e. The van der Waals surface area contributed by atoms with Crippen LogP contribution >= 0.6 is 0 Å². The molecule has 0 bridgehead atoms. The van der Waals surface area contributed by atoms with E-state index in [9.17, 15) is 24.0 Å². The Morgan fingerprint density at radius 3 is 1.66 bits per heavy atom. The molecule has 44 heavy (non-hydrogen) atoms. The molecule has 0 radical (unpaired) electrons. The third kappa shape index (κ3) is 6.81. The zero-order valence-corrected chi connectivity index (χ0v) is 24.1. The smallest absolute Gasteiger partial charge is 0.347 e. The highest BCUT2D eigenvalue weighted by molar-refractivity contribution is 5.91. The number of aryl methyl sites for hydroxylation is 3. The minimum absolute atomic E-state index is 0.189. The molecule has 226 valence electrons. The quantitative estimate of drug-likeness (QED) is 0.236. The van der Waals surface area contributed by atoms with Crippen LogP contribution in [0.2, 0.25) is 0 Å². The fourth-order valence-corrected chi connectivity index (χ4v) is 4.54. The summed E-state index contributed by atoms with van der Waals surface area (Å²) in [5.74, 6) is -2.24. The summed E-state index contributed by atoms with van der Waals surface area (Å²) >= 11 is 0. The van der Waals surface area contributed by atoms with Gasteiger partial charge in [-0.15, -0.1) is 0 Å². The Kier molecular flexibility index (Phi) is 8.81. The molecule has 4 aromatic rings. The molecule has 0 saturated carbocycles. The maximum absolute atomic E-state index is 13.3. The van der Waals surface area contributed by atoms with Gasteiger partial charge in [0.1, 0.15) is 18.9 Å². The summed E-state index contributed by atoms with van der Waals surface area (Å²) in [4.78, 5) is 66.0. The number of benzene rings is 3. The zero-order chi connectivity index (χ0) is 31.4. The minimum Gasteiger partial charge on any atom is -0.459 e. The Hall–Kier alpha value is -5.36. The van der Waals surface area contributed by atoms with Gasteiger partial charge in [0.05, 0.1) is 16.7 Å². The van der Waals surface area contributed by atoms with Crippen molar-refractivity contribution in [2.45, 2.75) is 45.3 Å². The van der Waals surface area contributed by atoms with Gasteiger partial charge in [-0.2, -0.15) is 9.78 Å². The van der Waals surface area contributed by atoms with Crippen LogP contribution in [0.15, 0.2) is 88.6 Å². The average Bonchev–Trinajstić information content (AvgIpc) is 3.32. The van der Waals surface area contributed by atoms with Crippen LogP contribution in [-0.2, 0) is 18.9 Å². The number of H-pyrrole nitrogens is 1. The van der Waals surface area contributed by atoms with E-state index in [4.69, 9.17) is 18.9 Å². The molecule has 1 N–H and O–H groups in total. The molecule has 0 spiro atoms. The minimum atomic E-state index is -1.47. The molecule has 1 aromatic heterocycles. The van der Waals surface area contributed by atoms with Crippen molar-refractivity contribution in [2.24, 2.45) is 0 Å². The number of carbonyl (C=O) groups excluding carboxylic acids is 3. The predicted molar refractivity (Wildman–Crippen MR) is 155 cm³/mol. The van der Waals surface area contributed by atoms with Gasteiger partial charge in [0.15, 0.2) is 18.4 Å². The number of hydrogen-bond acceptors (Lipinski definition) is 10. The van der Waals surface area contributed by atoms with E-state index in [0.29, 0.717) is 0 Å². The van der Waals surface area contributed by atoms with Crippen LogP contribution < -0.4 is 11.2 Å². The second kappa shape index (κ2) is 12.9. The largest absolute Gasteiger partial charge is 0.459 e. The van der Waals surface area contributed by atoms with Crippen LogP contribution in [0.3, 0.4) is 0 Å². The molecular formula is C32H29N3O9. The van der Waals surface area contributed by atoms with Crippen LogP contribution in [0.25, 0.3) is 0 Å². The van der Waals surface area contributed by atoms with E-state index in [0.717, 1.165) is 27.6 Å². The van der Waals surface area contributed by atoms with Crippen molar-refractivity contribution in [3.8, 4) is 0 Å². The number of ether oxygens (including phenoxy) is 4. The number of aromatic nitrogens is 3. The van der Waals surface area contributed by atoms with Gasteiger partial charge in [0.25, 0.3) is 5.56 Å². The highest BCUT2D eigenvalue weighted by atomic mass is 16.7. The Morgan fingerprint density at radius 1 is 0.727 bits per heavy atom. The molecule has 1 aliphatic rings. The lowest BCUT2D eigenvalue weighted by Crippen LogP contribution is -2.43. The van der Waals surface area contributed by atoms with Gasteiger partial charge in [-0.1, -0.05) is 53.1 Å². The zero-order valence-electron chi connectivity index (χ0n) is 24.1. The third-order valence-electron chi connectivity index (χ3n) is 6.99. The second-order valence-electron chi connectivity index (χ2n) is 10.4. The van der Waals surface area contributed by atoms with Crippen molar-refractivity contribution >= 4 is 17.9 Å². The summed E-state index contributed by atoms with van der Waals surface area (Å²) in [7, 11) is 0. The Morgan fingerprint density at radius 2 is 1.18 bits per heavy atom. The molecule has 5 rings (SSSR count). The van der Waals surface area contributed by atoms with Crippen LogP contribution in [0.5, 0.6) is 0 Å². The van der Waals surface area contributed by atoms with E-state index in [-0.39, 0.29) is 16.7 Å². The van der Waals surface area contributed by atoms with Crippen LogP contribution in [-0.4, -0.2) is 57.6 Å². The Bertz CT molecular complexity index is 1780. The highest BCUT2D eigenvalue weighted by Gasteiger charge is 2.52. The first-order chi connectivity index (χ1) is 21.1. The molecule has 12 heteroatoms. The second-order valence-corrected chi connectivity index (χ2v) is 10.4. The molecular weight excluding hydrogens is 570 g/mol. The molecule has 1 aliphatic heterocycles. The van der Waals surface area contributed by atoms with Crippen molar-refractivity contribution in [1.82, 2.24) is 14.8 Å². The standard InChI is InChI=1S/C32H29N3O9/c1-18-4-10-21(11-5-18)29(37)41-17-24-26(43-30(38)22-12-6-19(2)7-13-22)27(44-31(39)23-14-8-20(3)9-15-23)28(42-24)35-32(40)34-25(36)16-33-35/h4-16,24,26-28H,17H2,1-3H3,(H,34,36,40). The third-order valence-corrected chi connectivity index (χ3v) is 6.99. The molecule has 1 saturated heterocycles. The van der Waals surface area contributed by atoms with Gasteiger partial charge in [0.2, 0.25) is 0 Å². The molecule has 0 aliphatic carbocycles. The number of rotatable bonds is 8. The first kappa shape index (κ1) is 30.1. The summed E-state index contributed by atoms with van der Waals surface area (Å²) in [5.41, 5.74) is 1.73. The topological polar surface area (TPSA) is 156 Å². The van der Waals surface area contributed by atoms with Crippen molar-refractivity contribution < 1.29 is 33.3 Å². The van der Waals surface area contributed by atoms with E-state index in [1.54, 1.807) is 72.8 Å². The summed E-state index contributed by atoms with van der Waals surface area (Å²) in [6.45, 7) is 5.15. The number of carbonyl (C=O) groups is 3. The van der Waals surface area contributed by atoms with Gasteiger partial charge in [-0.25, -0.2) is 19.2 Å². The molecule has 4 unspecified atom stereocenters. The summed E-state index contributed by atoms with van der Waals surface area (Å²) in [6, 6.07) is 19.8. The monoisotopic (exact) mass is 599 g/mol. The van der Waals surface area contributed by atoms with E-state index >= 15 is 0 Å². The lowest BCUT2D eigenvalue weighted by Gasteiger charge is -2.24. The normalized spacial score (nSPS) is 19.2. The fraction of sp³-hybridized carbons (Fsp3) is 0.250. The van der Waals surface area contributed by atoms with Crippen LogP contribution in [0.1, 0.15) is 54.0 Å². The van der Waals surface area contributed by atoms with Crippen molar-refractivity contribution in [3.05, 3.63) is 133 Å². The lowest BCUT2D eigenvalue weighted by atomic mass is 10.1. The van der Waals surface area contributed by atoms with Gasteiger partial charge in [0, 0.05) is 0 Å². The molecule has 4 atom stereocenters. The van der Waals surface area contributed by atoms with Crippen LogP contribution in [0, 0.1) is 20.8 Å². The van der Waals surface area contributed by atoms with Crippen molar-refractivity contribution in [3.63, 3.8) is 0 Å². The van der Waals surface area contributed by atoms with Gasteiger partial charge in [-0.3, -0.25) is 9.78 Å². The SMILES string of the molecule is Cc1ccc(C(=O)OCC2OC(n3ncc(=O)[nH]c3=O)C(OC(=O)c3ccc(C)cc3)C2OC(=O)c2ccc(C)cc2)cc1. The summed E-state index contributed by atoms with van der Waals surface area (Å²) < 4.78 is 24.0. The number of nitrogens with zero attached hydrogens (tertiary/aromatic N) is 2. The first-order valence-electron chi connectivity index (χ1n) is 13.7. The molecule has 1 fully saturated rings. The predicted octanol–water partition coefficient (Wildman–Crippen LogP) is 3.06. The van der Waals surface area contributed by atoms with Gasteiger partial charge < -0.3 is 18.9 Å². The fourth-order valence-electron chi connectivity index (χ4n) is 4.54. The van der Waals surface area contributed by atoms with E-state index < -0.39 is 60.3 Å². The van der Waals surface area contributed by atoms with Crippen molar-refractivity contribution in [2.75, 3.05) is 6.61 Å². The summed E-state index contributed by atoms with van der Waals surface area (Å²) in [6.07, 6.45) is -4.64. The molecule has 3 aromatic carbocycles. The molecule has 0 amide bonds. The number of nitrogens with one attached hydrogen (secondary N) is 1. The lowest BCUT2D eigenvalue weighted by molar-refractivity contribution is -0.0699. The highest BCUT2D eigenvalue weighted by Crippen LogP contribution is 2.34. The number of hydrogen-bond donors (Lipinski definition) is 1. The number of aromatic amines is 1. The van der Waals surface area contributed by atoms with Crippen LogP contribution in [0.4, 0.5) is 0 Å². The van der Waals surface area contributed by atoms with Crippen molar-refractivity contribution in [1.29, 1.82) is 0 Å². The summed E-state index contributed by atoms with van der Waals surface area (Å²) in [5, 5.41) is 3.86. The van der Waals surface area contributed by atoms with E-state index in [1.807, 2.05) is 20.8 Å². The average molecular weight is 600 g/mol. The first-order valence-corrected chi connectivity index (χ1v) is 13.7. The molecule has 2 heterocycles. The van der Waals surface area contributed by atoms with E-state index in [2.05, 4.69) is 10.1 Å². The number of esters is 3. The van der Waals surface area contributed by atoms with Gasteiger partial charge >= 0.3 is 23.6 Å². The molecule has 12 nitrogen and oxygen atoms in total. The Labute approximate surface area is 251 Å². The maximum atomic E-state index is 13.3. The van der Waals surface area contributed by atoms with Gasteiger partial charge in [-0.05, 0) is 57.2 Å². The Balaban J connectivity index is 1.50. The van der Waals surface area contributed by atoms with E-state index in [1.165, 1.54) is 0 Å².